The van der Waals surface area contributed by atoms with Crippen LogP contribution in [0.4, 0.5) is 5.82 Å². The number of carboxylic acids is 1. The molecular formula is C17H14ClN3O3. The first-order chi connectivity index (χ1) is 11.5. The molecule has 1 aromatic carbocycles. The first kappa shape index (κ1) is 16.1. The second-order valence-electron chi connectivity index (χ2n) is 5.56. The van der Waals surface area contributed by atoms with Gasteiger partial charge in [-0.1, -0.05) is 11.6 Å². The van der Waals surface area contributed by atoms with E-state index in [4.69, 9.17) is 27.2 Å². The minimum absolute atomic E-state index is 0.154. The maximum atomic E-state index is 10.8. The fourth-order valence-electron chi connectivity index (χ4n) is 2.48. The van der Waals surface area contributed by atoms with Gasteiger partial charge in [0.25, 0.3) is 0 Å². The summed E-state index contributed by atoms with van der Waals surface area (Å²) >= 11 is 6.08. The molecule has 0 bridgehead atoms. The van der Waals surface area contributed by atoms with Crippen molar-refractivity contribution in [2.75, 3.05) is 12.3 Å². The molecule has 0 spiro atoms. The van der Waals surface area contributed by atoms with Crippen molar-refractivity contribution < 1.29 is 14.6 Å². The van der Waals surface area contributed by atoms with E-state index >= 15 is 0 Å². The Morgan fingerprint density at radius 3 is 2.79 bits per heavy atom. The summed E-state index contributed by atoms with van der Waals surface area (Å²) in [7, 11) is 0. The van der Waals surface area contributed by atoms with Gasteiger partial charge in [0.1, 0.15) is 23.2 Å². The van der Waals surface area contributed by atoms with E-state index in [0.29, 0.717) is 27.8 Å². The highest BCUT2D eigenvalue weighted by atomic mass is 35.5. The first-order valence-electron chi connectivity index (χ1n) is 7.34. The summed E-state index contributed by atoms with van der Waals surface area (Å²) in [6.45, 7) is -0.493. The number of anilines is 1. The van der Waals surface area contributed by atoms with Gasteiger partial charge in [0.2, 0.25) is 0 Å². The van der Waals surface area contributed by atoms with Gasteiger partial charge >= 0.3 is 5.97 Å². The van der Waals surface area contributed by atoms with Crippen molar-refractivity contribution in [3.8, 4) is 22.9 Å². The van der Waals surface area contributed by atoms with Crippen molar-refractivity contribution in [3.63, 3.8) is 0 Å². The van der Waals surface area contributed by atoms with E-state index < -0.39 is 12.6 Å². The van der Waals surface area contributed by atoms with Crippen LogP contribution in [0.15, 0.2) is 24.3 Å². The first-order valence-corrected chi connectivity index (χ1v) is 7.72. The quantitative estimate of drug-likeness (QED) is 0.862. The average molecular weight is 344 g/mol. The molecule has 24 heavy (non-hydrogen) atoms. The third-order valence-corrected chi connectivity index (χ3v) is 3.99. The number of nitrogens with zero attached hydrogens (tertiary/aromatic N) is 2. The summed E-state index contributed by atoms with van der Waals surface area (Å²) < 4.78 is 5.33. The highest BCUT2D eigenvalue weighted by molar-refractivity contribution is 6.31. The normalized spacial score (nSPS) is 13.3. The van der Waals surface area contributed by atoms with Crippen LogP contribution < -0.4 is 10.5 Å². The Hall–Kier alpha value is -2.78. The van der Waals surface area contributed by atoms with Gasteiger partial charge in [0, 0.05) is 27.8 Å². The highest BCUT2D eigenvalue weighted by Gasteiger charge is 2.27. The summed E-state index contributed by atoms with van der Waals surface area (Å²) in [5, 5.41) is 18.7. The van der Waals surface area contributed by atoms with Crippen LogP contribution in [0.3, 0.4) is 0 Å². The van der Waals surface area contributed by atoms with Crippen molar-refractivity contribution in [2.24, 2.45) is 0 Å². The minimum Gasteiger partial charge on any atom is -0.481 e. The molecule has 122 valence electrons. The second-order valence-corrected chi connectivity index (χ2v) is 6.00. The Morgan fingerprint density at radius 2 is 2.17 bits per heavy atom. The maximum absolute atomic E-state index is 10.8. The van der Waals surface area contributed by atoms with Gasteiger partial charge in [0.05, 0.1) is 0 Å². The van der Waals surface area contributed by atoms with Crippen LogP contribution in [-0.2, 0) is 4.79 Å². The Kier molecular flexibility index (Phi) is 4.28. The molecule has 1 fully saturated rings. The smallest absolute Gasteiger partial charge is 0.341 e. The van der Waals surface area contributed by atoms with Gasteiger partial charge in [-0.2, -0.15) is 5.26 Å². The number of nitriles is 1. The molecule has 0 atom stereocenters. The lowest BCUT2D eigenvalue weighted by Gasteiger charge is -2.14. The zero-order valence-electron chi connectivity index (χ0n) is 12.6. The molecular weight excluding hydrogens is 330 g/mol. The van der Waals surface area contributed by atoms with Gasteiger partial charge in [-0.05, 0) is 37.1 Å². The average Bonchev–Trinajstić information content (AvgIpc) is 3.37. The third kappa shape index (κ3) is 3.26. The van der Waals surface area contributed by atoms with Crippen molar-refractivity contribution >= 4 is 23.4 Å². The lowest BCUT2D eigenvalue weighted by atomic mass is 9.98. The number of ether oxygens (including phenoxy) is 1. The number of aromatic nitrogens is 1. The summed E-state index contributed by atoms with van der Waals surface area (Å²) in [5.74, 6) is -0.266. The van der Waals surface area contributed by atoms with Gasteiger partial charge < -0.3 is 15.6 Å². The number of rotatable bonds is 5. The predicted molar refractivity (Wildman–Crippen MR) is 88.9 cm³/mol. The standard InChI is InChI=1S/C17H14ClN3O3/c18-10-3-4-15(24-8-16(22)23)12(5-10)11-6-14(9-1-2-9)21-17(20)13(11)7-19/h3-6,9H,1-2,8H2,(H2,20,21)(H,22,23). The van der Waals surface area contributed by atoms with Crippen molar-refractivity contribution in [3.05, 3.63) is 40.5 Å². The number of aliphatic carboxylic acids is 1. The third-order valence-electron chi connectivity index (χ3n) is 3.76. The Morgan fingerprint density at radius 1 is 1.42 bits per heavy atom. The number of nitrogen functional groups attached to an aromatic ring is 1. The van der Waals surface area contributed by atoms with E-state index in [2.05, 4.69) is 11.1 Å². The van der Waals surface area contributed by atoms with Gasteiger partial charge in [-0.25, -0.2) is 9.78 Å². The van der Waals surface area contributed by atoms with E-state index in [1.54, 1.807) is 18.2 Å². The number of halogens is 1. The molecule has 7 heteroatoms. The number of hydrogen-bond acceptors (Lipinski definition) is 5. The molecule has 1 aromatic heterocycles. The molecule has 0 unspecified atom stereocenters. The minimum atomic E-state index is -1.09. The summed E-state index contributed by atoms with van der Waals surface area (Å²) in [6.07, 6.45) is 2.07. The van der Waals surface area contributed by atoms with Crippen LogP contribution >= 0.6 is 11.6 Å². The molecule has 1 heterocycles. The zero-order valence-corrected chi connectivity index (χ0v) is 13.4. The van der Waals surface area contributed by atoms with Crippen LogP contribution in [0.25, 0.3) is 11.1 Å². The topological polar surface area (TPSA) is 109 Å². The van der Waals surface area contributed by atoms with Crippen LogP contribution in [-0.4, -0.2) is 22.7 Å². The summed E-state index contributed by atoms with van der Waals surface area (Å²) in [6, 6.07) is 8.68. The highest BCUT2D eigenvalue weighted by Crippen LogP contribution is 2.43. The molecule has 6 nitrogen and oxygen atoms in total. The van der Waals surface area contributed by atoms with Crippen LogP contribution in [0.2, 0.25) is 5.02 Å². The van der Waals surface area contributed by atoms with Crippen molar-refractivity contribution in [2.45, 2.75) is 18.8 Å². The number of benzene rings is 1. The Bertz CT molecular complexity index is 857. The van der Waals surface area contributed by atoms with Crippen LogP contribution in [0, 0.1) is 11.3 Å². The SMILES string of the molecule is N#Cc1c(-c2cc(Cl)ccc2OCC(=O)O)cc(C2CC2)nc1N. The molecule has 0 radical (unpaired) electrons. The van der Waals surface area contributed by atoms with Crippen LogP contribution in [0.5, 0.6) is 5.75 Å². The molecule has 1 aliphatic rings. The van der Waals surface area contributed by atoms with E-state index in [9.17, 15) is 10.1 Å². The van der Waals surface area contributed by atoms with E-state index in [1.165, 1.54) is 0 Å². The molecule has 1 saturated carbocycles. The molecule has 0 saturated heterocycles. The van der Waals surface area contributed by atoms with Gasteiger partial charge in [-0.3, -0.25) is 0 Å². The van der Waals surface area contributed by atoms with Crippen LogP contribution in [0.1, 0.15) is 30.0 Å². The van der Waals surface area contributed by atoms with E-state index in [-0.39, 0.29) is 11.4 Å². The summed E-state index contributed by atoms with van der Waals surface area (Å²) in [5.41, 5.74) is 8.07. The molecule has 3 rings (SSSR count). The molecule has 0 amide bonds. The number of pyridine rings is 1. The van der Waals surface area contributed by atoms with Crippen molar-refractivity contribution in [1.29, 1.82) is 5.26 Å². The number of carboxylic acid groups (broad SMARTS) is 1. The largest absolute Gasteiger partial charge is 0.481 e. The van der Waals surface area contributed by atoms with Crippen molar-refractivity contribution in [1.82, 2.24) is 4.98 Å². The van der Waals surface area contributed by atoms with Gasteiger partial charge in [-0.15, -0.1) is 0 Å². The second kappa shape index (κ2) is 6.38. The molecule has 0 aliphatic heterocycles. The monoisotopic (exact) mass is 343 g/mol. The van der Waals surface area contributed by atoms with E-state index in [0.717, 1.165) is 18.5 Å². The lowest BCUT2D eigenvalue weighted by Crippen LogP contribution is -2.10. The Labute approximate surface area is 143 Å². The van der Waals surface area contributed by atoms with Gasteiger partial charge in [0.15, 0.2) is 6.61 Å². The summed E-state index contributed by atoms with van der Waals surface area (Å²) in [4.78, 5) is 15.1. The zero-order chi connectivity index (χ0) is 17.3. The maximum Gasteiger partial charge on any atom is 0.341 e. The molecule has 2 aromatic rings. The van der Waals surface area contributed by atoms with E-state index in [1.807, 2.05) is 6.07 Å². The number of carbonyl (C=O) groups is 1. The Balaban J connectivity index is 2.15. The fourth-order valence-corrected chi connectivity index (χ4v) is 2.65. The predicted octanol–water partition coefficient (Wildman–Crippen LogP) is 3.20. The molecule has 3 N–H and O–H groups in total. The fraction of sp³-hybridized carbons (Fsp3) is 0.235. The molecule has 1 aliphatic carbocycles. The lowest BCUT2D eigenvalue weighted by molar-refractivity contribution is -0.139. The number of nitrogens with two attached hydrogens (primary N) is 1. The number of hydrogen-bond donors (Lipinski definition) is 2.